The molecule has 1 fully saturated rings. The molecular weight excluding hydrogens is 452 g/mol. The van der Waals surface area contributed by atoms with Crippen LogP contribution in [-0.2, 0) is 14.8 Å². The lowest BCUT2D eigenvalue weighted by atomic mass is 9.98. The Morgan fingerprint density at radius 1 is 1.00 bits per heavy atom. The fourth-order valence-corrected chi connectivity index (χ4v) is 5.49. The van der Waals surface area contributed by atoms with E-state index in [9.17, 15) is 13.2 Å². The molecule has 1 saturated heterocycles. The first kappa shape index (κ1) is 20.1. The number of rotatable bonds is 4. The molecule has 150 valence electrons. The minimum Gasteiger partial charge on any atom is -0.325 e. The summed E-state index contributed by atoms with van der Waals surface area (Å²) in [5.74, 6) is -0.523. The van der Waals surface area contributed by atoms with Gasteiger partial charge in [0.05, 0.1) is 10.8 Å². The van der Waals surface area contributed by atoms with Gasteiger partial charge in [0.2, 0.25) is 15.9 Å². The molecule has 7 heteroatoms. The SMILES string of the molecule is O=C(Nc1cccc2ccccc12)[C@@H]1CCCN(S(=O)(=O)c2ccc(Br)cc2)C1. The first-order chi connectivity index (χ1) is 13.9. The number of sulfonamides is 1. The number of hydrogen-bond donors (Lipinski definition) is 1. The summed E-state index contributed by atoms with van der Waals surface area (Å²) in [5, 5.41) is 5.03. The second-order valence-corrected chi connectivity index (χ2v) is 10.0. The molecule has 4 rings (SSSR count). The number of nitrogens with zero attached hydrogens (tertiary/aromatic N) is 1. The minimum absolute atomic E-state index is 0.142. The van der Waals surface area contributed by atoms with E-state index in [1.807, 2.05) is 42.5 Å². The van der Waals surface area contributed by atoms with Gasteiger partial charge in [-0.2, -0.15) is 4.31 Å². The van der Waals surface area contributed by atoms with E-state index < -0.39 is 10.0 Å². The Morgan fingerprint density at radius 3 is 2.52 bits per heavy atom. The minimum atomic E-state index is -3.62. The standard InChI is InChI=1S/C22H21BrN2O3S/c23-18-10-12-19(13-11-18)29(27,28)25-14-4-7-17(15-25)22(26)24-21-9-3-6-16-5-1-2-8-20(16)21/h1-3,5-6,8-13,17H,4,7,14-15H2,(H,24,26)/t17-/m1/s1. The Morgan fingerprint density at radius 2 is 1.72 bits per heavy atom. The van der Waals surface area contributed by atoms with Crippen LogP contribution >= 0.6 is 15.9 Å². The van der Waals surface area contributed by atoms with Crippen molar-refractivity contribution in [2.24, 2.45) is 5.92 Å². The third kappa shape index (κ3) is 4.22. The highest BCUT2D eigenvalue weighted by atomic mass is 79.9. The Labute approximate surface area is 178 Å². The summed E-state index contributed by atoms with van der Waals surface area (Å²) in [6, 6.07) is 20.2. The number of benzene rings is 3. The third-order valence-corrected chi connectivity index (χ3v) is 7.66. The zero-order valence-corrected chi connectivity index (χ0v) is 18.1. The number of amides is 1. The molecule has 29 heavy (non-hydrogen) atoms. The number of carbonyl (C=O) groups excluding carboxylic acids is 1. The summed E-state index contributed by atoms with van der Waals surface area (Å²) in [7, 11) is -3.62. The molecule has 1 heterocycles. The maximum Gasteiger partial charge on any atom is 0.243 e. The average molecular weight is 473 g/mol. The van der Waals surface area contributed by atoms with E-state index in [2.05, 4.69) is 21.2 Å². The normalized spacial score (nSPS) is 17.9. The van der Waals surface area contributed by atoms with Gasteiger partial charge in [0.15, 0.2) is 0 Å². The van der Waals surface area contributed by atoms with Gasteiger partial charge in [0, 0.05) is 28.6 Å². The molecule has 5 nitrogen and oxygen atoms in total. The molecule has 0 aromatic heterocycles. The van der Waals surface area contributed by atoms with Crippen molar-refractivity contribution in [1.82, 2.24) is 4.31 Å². The van der Waals surface area contributed by atoms with Crippen LogP contribution in [0.5, 0.6) is 0 Å². The van der Waals surface area contributed by atoms with Gasteiger partial charge in [-0.1, -0.05) is 52.3 Å². The van der Waals surface area contributed by atoms with Crippen LogP contribution in [0.2, 0.25) is 0 Å². The third-order valence-electron chi connectivity index (χ3n) is 5.25. The Balaban J connectivity index is 1.52. The summed E-state index contributed by atoms with van der Waals surface area (Å²) >= 11 is 3.32. The number of carbonyl (C=O) groups is 1. The summed E-state index contributed by atoms with van der Waals surface area (Å²) < 4.78 is 28.2. The monoisotopic (exact) mass is 472 g/mol. The van der Waals surface area contributed by atoms with E-state index in [0.717, 1.165) is 20.9 Å². The van der Waals surface area contributed by atoms with Crippen LogP contribution in [0.15, 0.2) is 76.1 Å². The number of anilines is 1. The molecule has 3 aromatic rings. The van der Waals surface area contributed by atoms with Gasteiger partial charge in [0.25, 0.3) is 0 Å². The van der Waals surface area contributed by atoms with Crippen LogP contribution in [-0.4, -0.2) is 31.7 Å². The summed E-state index contributed by atoms with van der Waals surface area (Å²) in [6.45, 7) is 0.617. The van der Waals surface area contributed by atoms with E-state index in [1.165, 1.54) is 4.31 Å². The maximum absolute atomic E-state index is 13.0. The largest absolute Gasteiger partial charge is 0.325 e. The lowest BCUT2D eigenvalue weighted by Crippen LogP contribution is -2.43. The van der Waals surface area contributed by atoms with Gasteiger partial charge in [-0.25, -0.2) is 8.42 Å². The molecule has 0 radical (unpaired) electrons. The maximum atomic E-state index is 13.0. The molecule has 3 aromatic carbocycles. The van der Waals surface area contributed by atoms with Gasteiger partial charge in [-0.05, 0) is 48.6 Å². The summed E-state index contributed by atoms with van der Waals surface area (Å²) in [5.41, 5.74) is 0.751. The fraction of sp³-hybridized carbons (Fsp3) is 0.227. The summed E-state index contributed by atoms with van der Waals surface area (Å²) in [6.07, 6.45) is 1.33. The number of hydrogen-bond acceptors (Lipinski definition) is 3. The van der Waals surface area contributed by atoms with Gasteiger partial charge in [-0.15, -0.1) is 0 Å². The first-order valence-corrected chi connectivity index (χ1v) is 11.7. The average Bonchev–Trinajstić information content (AvgIpc) is 2.74. The van der Waals surface area contributed by atoms with Gasteiger partial charge >= 0.3 is 0 Å². The Hall–Kier alpha value is -2.22. The van der Waals surface area contributed by atoms with Crippen LogP contribution < -0.4 is 5.32 Å². The zero-order valence-electron chi connectivity index (χ0n) is 15.7. The van der Waals surface area contributed by atoms with Crippen molar-refractivity contribution < 1.29 is 13.2 Å². The molecule has 0 spiro atoms. The molecule has 0 aliphatic carbocycles. The number of nitrogens with one attached hydrogen (secondary N) is 1. The molecule has 0 saturated carbocycles. The highest BCUT2D eigenvalue weighted by Crippen LogP contribution is 2.27. The van der Waals surface area contributed by atoms with Crippen LogP contribution in [0, 0.1) is 5.92 Å². The molecule has 1 aliphatic heterocycles. The van der Waals surface area contributed by atoms with E-state index in [4.69, 9.17) is 0 Å². The van der Waals surface area contributed by atoms with Crippen LogP contribution in [0.3, 0.4) is 0 Å². The van der Waals surface area contributed by atoms with Crippen LogP contribution in [0.1, 0.15) is 12.8 Å². The topological polar surface area (TPSA) is 66.5 Å². The smallest absolute Gasteiger partial charge is 0.243 e. The van der Waals surface area contributed by atoms with Gasteiger partial charge in [0.1, 0.15) is 0 Å². The molecular formula is C22H21BrN2O3S. The molecule has 1 N–H and O–H groups in total. The number of fused-ring (bicyclic) bond motifs is 1. The quantitative estimate of drug-likeness (QED) is 0.601. The highest BCUT2D eigenvalue weighted by Gasteiger charge is 2.33. The van der Waals surface area contributed by atoms with Gasteiger partial charge in [-0.3, -0.25) is 4.79 Å². The van der Waals surface area contributed by atoms with Crippen molar-refractivity contribution in [2.45, 2.75) is 17.7 Å². The number of halogens is 1. The predicted octanol–water partition coefficient (Wildman–Crippen LogP) is 4.64. The van der Waals surface area contributed by atoms with Crippen molar-refractivity contribution in [2.75, 3.05) is 18.4 Å². The van der Waals surface area contributed by atoms with E-state index in [1.54, 1.807) is 24.3 Å². The van der Waals surface area contributed by atoms with Crippen molar-refractivity contribution in [3.05, 3.63) is 71.2 Å². The Bertz CT molecular complexity index is 1140. The zero-order chi connectivity index (χ0) is 20.4. The van der Waals surface area contributed by atoms with E-state index in [-0.39, 0.29) is 23.3 Å². The van der Waals surface area contributed by atoms with Crippen molar-refractivity contribution in [3.8, 4) is 0 Å². The Kier molecular flexibility index (Phi) is 5.72. The van der Waals surface area contributed by atoms with E-state index in [0.29, 0.717) is 19.4 Å². The van der Waals surface area contributed by atoms with Crippen molar-refractivity contribution >= 4 is 48.3 Å². The summed E-state index contributed by atoms with van der Waals surface area (Å²) in [4.78, 5) is 13.2. The molecule has 1 amide bonds. The molecule has 1 atom stereocenters. The lowest BCUT2D eigenvalue weighted by molar-refractivity contribution is -0.120. The first-order valence-electron chi connectivity index (χ1n) is 9.49. The lowest BCUT2D eigenvalue weighted by Gasteiger charge is -2.31. The fourth-order valence-electron chi connectivity index (χ4n) is 3.70. The van der Waals surface area contributed by atoms with Crippen molar-refractivity contribution in [3.63, 3.8) is 0 Å². The predicted molar refractivity (Wildman–Crippen MR) is 118 cm³/mol. The van der Waals surface area contributed by atoms with Crippen molar-refractivity contribution in [1.29, 1.82) is 0 Å². The molecule has 0 bridgehead atoms. The second-order valence-electron chi connectivity index (χ2n) is 7.17. The number of piperidine rings is 1. The van der Waals surface area contributed by atoms with Crippen LogP contribution in [0.25, 0.3) is 10.8 Å². The van der Waals surface area contributed by atoms with Gasteiger partial charge < -0.3 is 5.32 Å². The molecule has 1 aliphatic rings. The second kappa shape index (κ2) is 8.26. The van der Waals surface area contributed by atoms with Crippen LogP contribution in [0.4, 0.5) is 5.69 Å². The molecule has 0 unspecified atom stereocenters. The highest BCUT2D eigenvalue weighted by molar-refractivity contribution is 9.10. The van der Waals surface area contributed by atoms with E-state index >= 15 is 0 Å².